The van der Waals surface area contributed by atoms with Crippen LogP contribution in [0.5, 0.6) is 5.75 Å². The molecule has 142 valence electrons. The Morgan fingerprint density at radius 2 is 1.96 bits per heavy atom. The van der Waals surface area contributed by atoms with Crippen LogP contribution in [0.15, 0.2) is 30.5 Å². The molecule has 2 N–H and O–H groups in total. The Hall–Kier alpha value is -3.99. The highest BCUT2D eigenvalue weighted by Crippen LogP contribution is 2.30. The van der Waals surface area contributed by atoms with Crippen molar-refractivity contribution in [3.8, 4) is 17.9 Å². The van der Waals surface area contributed by atoms with Gasteiger partial charge in [0.05, 0.1) is 36.3 Å². The number of hydrogen-bond acceptors (Lipinski definition) is 7. The van der Waals surface area contributed by atoms with Crippen LogP contribution in [-0.2, 0) is 0 Å². The van der Waals surface area contributed by atoms with Crippen LogP contribution in [-0.4, -0.2) is 34.4 Å². The number of anilines is 3. The summed E-state index contributed by atoms with van der Waals surface area (Å²) < 4.78 is 44.2. The first kappa shape index (κ1) is 18.8. The number of alkyl halides is 3. The lowest BCUT2D eigenvalue weighted by Gasteiger charge is -2.14. The fraction of sp³-hybridized carbons (Fsp3) is 0.176. The maximum atomic E-state index is 12.6. The predicted molar refractivity (Wildman–Crippen MR) is 93.2 cm³/mol. The minimum absolute atomic E-state index is 0.0340. The molecular weight excluding hydrogens is 375 g/mol. The van der Waals surface area contributed by atoms with Crippen LogP contribution in [0.25, 0.3) is 5.65 Å². The molecule has 0 atom stereocenters. The molecule has 0 unspecified atom stereocenters. The largest absolute Gasteiger partial charge is 0.495 e. The van der Waals surface area contributed by atoms with Gasteiger partial charge in [0.15, 0.2) is 17.2 Å². The van der Waals surface area contributed by atoms with Crippen LogP contribution in [0.3, 0.4) is 0 Å². The van der Waals surface area contributed by atoms with Crippen molar-refractivity contribution in [2.75, 3.05) is 24.3 Å². The molecule has 0 aliphatic carbocycles. The number of nitriles is 2. The highest BCUT2D eigenvalue weighted by molar-refractivity contribution is 5.74. The summed E-state index contributed by atoms with van der Waals surface area (Å²) in [4.78, 5) is 3.95. The second-order valence-corrected chi connectivity index (χ2v) is 5.55. The van der Waals surface area contributed by atoms with Crippen molar-refractivity contribution in [1.82, 2.24) is 14.6 Å². The molecule has 0 saturated carbocycles. The smallest absolute Gasteiger partial charge is 0.405 e. The fourth-order valence-corrected chi connectivity index (χ4v) is 2.44. The molecule has 0 bridgehead atoms. The number of benzene rings is 1. The van der Waals surface area contributed by atoms with Gasteiger partial charge in [-0.2, -0.15) is 28.2 Å². The van der Waals surface area contributed by atoms with E-state index in [1.165, 1.54) is 25.4 Å². The van der Waals surface area contributed by atoms with Crippen molar-refractivity contribution in [2.45, 2.75) is 6.18 Å². The molecule has 3 aromatic rings. The molecule has 0 aliphatic heterocycles. The number of imidazole rings is 1. The standard InChI is InChI=1S/C17H12F3N7O/c1-28-14-3-2-10(6-21)4-12(14)25-15-5-13(24-9-17(18,19)20)16-23-8-11(7-22)27(16)26-15/h2-5,8,24H,9H2,1H3,(H,25,26). The maximum Gasteiger partial charge on any atom is 0.405 e. The summed E-state index contributed by atoms with van der Waals surface area (Å²) >= 11 is 0. The topological polar surface area (TPSA) is 111 Å². The first-order valence-corrected chi connectivity index (χ1v) is 7.79. The third-order valence-electron chi connectivity index (χ3n) is 3.65. The zero-order chi connectivity index (χ0) is 20.3. The molecule has 8 nitrogen and oxygen atoms in total. The van der Waals surface area contributed by atoms with E-state index >= 15 is 0 Å². The Balaban J connectivity index is 2.06. The van der Waals surface area contributed by atoms with E-state index in [1.807, 2.05) is 12.1 Å². The molecule has 2 heterocycles. The van der Waals surface area contributed by atoms with Gasteiger partial charge >= 0.3 is 6.18 Å². The molecule has 0 spiro atoms. The van der Waals surface area contributed by atoms with E-state index < -0.39 is 12.7 Å². The lowest BCUT2D eigenvalue weighted by Crippen LogP contribution is -2.22. The molecule has 0 fully saturated rings. The van der Waals surface area contributed by atoms with Gasteiger partial charge in [-0.05, 0) is 18.2 Å². The molecule has 0 amide bonds. The van der Waals surface area contributed by atoms with Crippen LogP contribution in [0.1, 0.15) is 11.3 Å². The van der Waals surface area contributed by atoms with Crippen LogP contribution < -0.4 is 15.4 Å². The second-order valence-electron chi connectivity index (χ2n) is 5.55. The van der Waals surface area contributed by atoms with Crippen LogP contribution >= 0.6 is 0 Å². The van der Waals surface area contributed by atoms with Crippen molar-refractivity contribution in [2.24, 2.45) is 0 Å². The van der Waals surface area contributed by atoms with Gasteiger partial charge in [-0.3, -0.25) is 0 Å². The van der Waals surface area contributed by atoms with Crippen molar-refractivity contribution >= 4 is 22.8 Å². The normalized spacial score (nSPS) is 10.9. The summed E-state index contributed by atoms with van der Waals surface area (Å²) in [5, 5.41) is 27.6. The Kier molecular flexibility index (Phi) is 4.92. The molecular formula is C17H12F3N7O. The molecule has 1 aromatic carbocycles. The second kappa shape index (κ2) is 7.32. The van der Waals surface area contributed by atoms with Gasteiger partial charge in [0.25, 0.3) is 0 Å². The summed E-state index contributed by atoms with van der Waals surface area (Å²) in [6.45, 7) is -1.28. The van der Waals surface area contributed by atoms with E-state index in [0.29, 0.717) is 17.0 Å². The van der Waals surface area contributed by atoms with E-state index in [2.05, 4.69) is 20.7 Å². The lowest BCUT2D eigenvalue weighted by molar-refractivity contribution is -0.115. The highest BCUT2D eigenvalue weighted by atomic mass is 19.4. The number of halogens is 3. The Labute approximate surface area is 156 Å². The number of methoxy groups -OCH3 is 1. The third-order valence-corrected chi connectivity index (χ3v) is 3.65. The Bertz CT molecular complexity index is 1110. The van der Waals surface area contributed by atoms with E-state index in [-0.39, 0.29) is 22.8 Å². The average molecular weight is 387 g/mol. The number of fused-ring (bicyclic) bond motifs is 1. The van der Waals surface area contributed by atoms with Gasteiger partial charge in [-0.1, -0.05) is 0 Å². The van der Waals surface area contributed by atoms with Crippen molar-refractivity contribution < 1.29 is 17.9 Å². The minimum Gasteiger partial charge on any atom is -0.495 e. The molecule has 28 heavy (non-hydrogen) atoms. The van der Waals surface area contributed by atoms with Crippen molar-refractivity contribution in [1.29, 1.82) is 10.5 Å². The predicted octanol–water partition coefficient (Wildman–Crippen LogP) is 3.20. The quantitative estimate of drug-likeness (QED) is 0.691. The van der Waals surface area contributed by atoms with Crippen LogP contribution in [0.4, 0.5) is 30.4 Å². The van der Waals surface area contributed by atoms with Crippen molar-refractivity contribution in [3.05, 3.63) is 41.7 Å². The molecule has 0 radical (unpaired) electrons. The Morgan fingerprint density at radius 3 is 2.61 bits per heavy atom. The van der Waals surface area contributed by atoms with Gasteiger partial charge < -0.3 is 15.4 Å². The zero-order valence-electron chi connectivity index (χ0n) is 14.4. The first-order chi connectivity index (χ1) is 13.3. The summed E-state index contributed by atoms with van der Waals surface area (Å²) in [6, 6.07) is 9.82. The first-order valence-electron chi connectivity index (χ1n) is 7.79. The van der Waals surface area contributed by atoms with Crippen molar-refractivity contribution in [3.63, 3.8) is 0 Å². The third kappa shape index (κ3) is 3.88. The van der Waals surface area contributed by atoms with Gasteiger partial charge in [0, 0.05) is 6.07 Å². The van der Waals surface area contributed by atoms with E-state index in [1.54, 1.807) is 12.1 Å². The molecule has 11 heteroatoms. The van der Waals surface area contributed by atoms with Gasteiger partial charge in [-0.15, -0.1) is 5.10 Å². The number of hydrogen-bond donors (Lipinski definition) is 2. The number of nitrogens with one attached hydrogen (secondary N) is 2. The number of nitrogens with zero attached hydrogens (tertiary/aromatic N) is 5. The van der Waals surface area contributed by atoms with E-state index in [9.17, 15) is 18.4 Å². The zero-order valence-corrected chi connectivity index (χ0v) is 14.4. The van der Waals surface area contributed by atoms with E-state index in [4.69, 9.17) is 10.00 Å². The molecule has 0 saturated heterocycles. The fourth-order valence-electron chi connectivity index (χ4n) is 2.44. The summed E-state index contributed by atoms with van der Waals surface area (Å²) in [6.07, 6.45) is -3.23. The summed E-state index contributed by atoms with van der Waals surface area (Å²) in [7, 11) is 1.43. The minimum atomic E-state index is -4.44. The SMILES string of the molecule is COc1ccc(C#N)cc1Nc1cc(NCC(F)(F)F)c2ncc(C#N)n2n1. The molecule has 3 rings (SSSR count). The monoisotopic (exact) mass is 387 g/mol. The molecule has 2 aromatic heterocycles. The Morgan fingerprint density at radius 1 is 1.18 bits per heavy atom. The lowest BCUT2D eigenvalue weighted by atomic mass is 10.2. The van der Waals surface area contributed by atoms with Crippen LogP contribution in [0.2, 0.25) is 0 Å². The number of ether oxygens (including phenoxy) is 1. The van der Waals surface area contributed by atoms with Gasteiger partial charge in [0.1, 0.15) is 18.4 Å². The van der Waals surface area contributed by atoms with Crippen LogP contribution in [0, 0.1) is 22.7 Å². The maximum absolute atomic E-state index is 12.6. The number of aromatic nitrogens is 3. The number of rotatable bonds is 5. The average Bonchev–Trinajstić information content (AvgIpc) is 3.08. The summed E-state index contributed by atoms with van der Waals surface area (Å²) in [5.41, 5.74) is 0.885. The highest BCUT2D eigenvalue weighted by Gasteiger charge is 2.27. The van der Waals surface area contributed by atoms with Gasteiger partial charge in [-0.25, -0.2) is 4.98 Å². The summed E-state index contributed by atoms with van der Waals surface area (Å²) in [5.74, 6) is 0.525. The van der Waals surface area contributed by atoms with Gasteiger partial charge in [0.2, 0.25) is 0 Å². The van der Waals surface area contributed by atoms with E-state index in [0.717, 1.165) is 4.52 Å². The molecule has 0 aliphatic rings.